The number of hydrogen-bond acceptors (Lipinski definition) is 3. The Morgan fingerprint density at radius 3 is 2.77 bits per heavy atom. The lowest BCUT2D eigenvalue weighted by Gasteiger charge is -2.22. The maximum absolute atomic E-state index is 11.4. The van der Waals surface area contributed by atoms with E-state index in [2.05, 4.69) is 39.8 Å². The van der Waals surface area contributed by atoms with Crippen molar-refractivity contribution in [3.05, 3.63) is 58.7 Å². The van der Waals surface area contributed by atoms with Crippen molar-refractivity contribution in [1.29, 1.82) is 0 Å². The van der Waals surface area contributed by atoms with Crippen LogP contribution in [0.1, 0.15) is 34.8 Å². The van der Waals surface area contributed by atoms with E-state index in [0.29, 0.717) is 16.5 Å². The fourth-order valence-electron chi connectivity index (χ4n) is 3.72. The quantitative estimate of drug-likeness (QED) is 0.573. The highest BCUT2D eigenvalue weighted by atomic mass is 35.5. The molecule has 3 aromatic rings. The summed E-state index contributed by atoms with van der Waals surface area (Å²) in [5.41, 5.74) is 4.14. The molecule has 0 bridgehead atoms. The summed E-state index contributed by atoms with van der Waals surface area (Å²) in [4.78, 5) is 14.4. The Morgan fingerprint density at radius 2 is 2.08 bits per heavy atom. The van der Waals surface area contributed by atoms with Crippen LogP contribution in [-0.4, -0.2) is 33.2 Å². The molecule has 1 unspecified atom stereocenters. The molecule has 26 heavy (non-hydrogen) atoms. The minimum Gasteiger partial charge on any atom is -0.478 e. The summed E-state index contributed by atoms with van der Waals surface area (Å²) in [6.45, 7) is 1.13. The highest BCUT2D eigenvalue weighted by Crippen LogP contribution is 2.38. The smallest absolute Gasteiger partial charge is 0.337 e. The number of halogens is 1. The number of carbonyl (C=O) groups is 1. The molecule has 1 aromatic heterocycles. The van der Waals surface area contributed by atoms with Gasteiger partial charge in [-0.25, -0.2) is 9.10 Å². The van der Waals surface area contributed by atoms with Gasteiger partial charge >= 0.3 is 5.97 Å². The van der Waals surface area contributed by atoms with Crippen LogP contribution in [0.25, 0.3) is 22.0 Å². The van der Waals surface area contributed by atoms with E-state index in [1.807, 2.05) is 6.07 Å². The molecule has 1 atom stereocenters. The number of carboxylic acid groups (broad SMARTS) is 1. The molecule has 0 radical (unpaired) electrons. The lowest BCUT2D eigenvalue weighted by atomic mass is 9.98. The van der Waals surface area contributed by atoms with Gasteiger partial charge in [0.05, 0.1) is 10.6 Å². The number of H-pyrrole nitrogens is 1. The summed E-state index contributed by atoms with van der Waals surface area (Å²) in [5.74, 6) is -0.946. The maximum atomic E-state index is 11.4. The molecule has 1 aliphatic rings. The molecule has 2 heterocycles. The number of aromatic amines is 1. The molecule has 0 aliphatic carbocycles. The van der Waals surface area contributed by atoms with Gasteiger partial charge in [-0.3, -0.25) is 0 Å². The monoisotopic (exact) mass is 386 g/mol. The standard InChI is InChI=1S/C20H19ClN2O2S/c1-26-23-8-2-3-19(23)13-6-4-12(5-7-13)14-9-15-16(20(24)25)11-22-18(15)10-17(14)21/h4-7,9-11,19,22H,2-3,8H2,1H3,(H,24,25). The first-order valence-electron chi connectivity index (χ1n) is 8.53. The summed E-state index contributed by atoms with van der Waals surface area (Å²) in [5, 5.41) is 10.6. The van der Waals surface area contributed by atoms with E-state index < -0.39 is 5.97 Å². The van der Waals surface area contributed by atoms with E-state index in [0.717, 1.165) is 23.2 Å². The van der Waals surface area contributed by atoms with E-state index in [1.165, 1.54) is 24.6 Å². The molecule has 4 rings (SSSR count). The molecule has 1 saturated heterocycles. The summed E-state index contributed by atoms with van der Waals surface area (Å²) >= 11 is 8.26. The van der Waals surface area contributed by atoms with Gasteiger partial charge in [0.25, 0.3) is 0 Å². The van der Waals surface area contributed by atoms with Gasteiger partial charge in [0.1, 0.15) is 0 Å². The normalized spacial score (nSPS) is 17.8. The summed E-state index contributed by atoms with van der Waals surface area (Å²) in [6, 6.07) is 12.6. The van der Waals surface area contributed by atoms with Crippen LogP contribution in [0.3, 0.4) is 0 Å². The summed E-state index contributed by atoms with van der Waals surface area (Å²) < 4.78 is 2.42. The average molecular weight is 387 g/mol. The van der Waals surface area contributed by atoms with Crippen LogP contribution < -0.4 is 0 Å². The summed E-state index contributed by atoms with van der Waals surface area (Å²) in [7, 11) is 0. The minimum absolute atomic E-state index is 0.260. The molecule has 4 nitrogen and oxygen atoms in total. The van der Waals surface area contributed by atoms with Crippen LogP contribution >= 0.6 is 23.5 Å². The SMILES string of the molecule is CSN1CCCC1c1ccc(-c2cc3c(C(=O)O)c[nH]c3cc2Cl)cc1. The third-order valence-corrected chi connectivity index (χ3v) is 6.26. The second-order valence-corrected chi connectivity index (χ2v) is 7.73. The summed E-state index contributed by atoms with van der Waals surface area (Å²) in [6.07, 6.45) is 6.03. The zero-order chi connectivity index (χ0) is 18.3. The molecule has 6 heteroatoms. The van der Waals surface area contributed by atoms with Crippen LogP contribution in [0.2, 0.25) is 5.02 Å². The van der Waals surface area contributed by atoms with Gasteiger partial charge in [-0.2, -0.15) is 0 Å². The molecule has 0 spiro atoms. The van der Waals surface area contributed by atoms with Crippen molar-refractivity contribution in [3.63, 3.8) is 0 Å². The highest BCUT2D eigenvalue weighted by Gasteiger charge is 2.25. The number of fused-ring (bicyclic) bond motifs is 1. The third kappa shape index (κ3) is 3.00. The van der Waals surface area contributed by atoms with Gasteiger partial charge in [0, 0.05) is 35.2 Å². The maximum Gasteiger partial charge on any atom is 0.337 e. The van der Waals surface area contributed by atoms with Crippen LogP contribution in [0.15, 0.2) is 42.6 Å². The topological polar surface area (TPSA) is 56.3 Å². The Morgan fingerprint density at radius 1 is 1.31 bits per heavy atom. The lowest BCUT2D eigenvalue weighted by Crippen LogP contribution is -2.14. The molecule has 134 valence electrons. The average Bonchev–Trinajstić information content (AvgIpc) is 3.27. The van der Waals surface area contributed by atoms with Crippen molar-refractivity contribution in [1.82, 2.24) is 9.29 Å². The minimum atomic E-state index is -0.946. The first-order chi connectivity index (χ1) is 12.6. The largest absolute Gasteiger partial charge is 0.478 e. The molecular formula is C20H19ClN2O2S. The predicted molar refractivity (Wildman–Crippen MR) is 108 cm³/mol. The number of hydrogen-bond donors (Lipinski definition) is 2. The molecule has 0 amide bonds. The number of aromatic carboxylic acids is 1. The second kappa shape index (κ2) is 6.99. The van der Waals surface area contributed by atoms with Crippen LogP contribution in [0.5, 0.6) is 0 Å². The third-order valence-electron chi connectivity index (χ3n) is 5.04. The second-order valence-electron chi connectivity index (χ2n) is 6.49. The van der Waals surface area contributed by atoms with Gasteiger partial charge in [0.2, 0.25) is 0 Å². The van der Waals surface area contributed by atoms with E-state index in [-0.39, 0.29) is 5.56 Å². The Hall–Kier alpha value is -1.95. The first-order valence-corrected chi connectivity index (χ1v) is 10.1. The predicted octanol–water partition coefficient (Wildman–Crippen LogP) is 5.60. The van der Waals surface area contributed by atoms with Gasteiger partial charge in [-0.05, 0) is 42.4 Å². The van der Waals surface area contributed by atoms with Crippen molar-refractivity contribution in [2.75, 3.05) is 12.8 Å². The van der Waals surface area contributed by atoms with Crippen molar-refractivity contribution in [2.45, 2.75) is 18.9 Å². The van der Waals surface area contributed by atoms with E-state index >= 15 is 0 Å². The Balaban J connectivity index is 1.72. The van der Waals surface area contributed by atoms with Crippen LogP contribution in [-0.2, 0) is 0 Å². The van der Waals surface area contributed by atoms with Gasteiger partial charge in [-0.1, -0.05) is 47.8 Å². The zero-order valence-electron chi connectivity index (χ0n) is 14.3. The van der Waals surface area contributed by atoms with Gasteiger partial charge in [0.15, 0.2) is 0 Å². The van der Waals surface area contributed by atoms with Gasteiger partial charge in [-0.15, -0.1) is 0 Å². The van der Waals surface area contributed by atoms with E-state index in [1.54, 1.807) is 18.0 Å². The van der Waals surface area contributed by atoms with Crippen LogP contribution in [0, 0.1) is 0 Å². The molecule has 1 fully saturated rings. The molecule has 2 N–H and O–H groups in total. The highest BCUT2D eigenvalue weighted by molar-refractivity contribution is 7.96. The Labute approximate surface area is 161 Å². The van der Waals surface area contributed by atoms with Crippen LogP contribution in [0.4, 0.5) is 0 Å². The van der Waals surface area contributed by atoms with E-state index in [4.69, 9.17) is 11.6 Å². The molecule has 0 saturated carbocycles. The van der Waals surface area contributed by atoms with E-state index in [9.17, 15) is 9.90 Å². The molecule has 2 aromatic carbocycles. The zero-order valence-corrected chi connectivity index (χ0v) is 15.9. The number of aromatic nitrogens is 1. The van der Waals surface area contributed by atoms with Crippen molar-refractivity contribution >= 4 is 40.4 Å². The molecular weight excluding hydrogens is 368 g/mol. The van der Waals surface area contributed by atoms with Gasteiger partial charge < -0.3 is 10.1 Å². The number of benzene rings is 2. The Bertz CT molecular complexity index is 968. The van der Waals surface area contributed by atoms with Crippen molar-refractivity contribution in [3.8, 4) is 11.1 Å². The molecule has 1 aliphatic heterocycles. The number of nitrogens with one attached hydrogen (secondary N) is 1. The number of rotatable bonds is 4. The van der Waals surface area contributed by atoms with Crippen molar-refractivity contribution < 1.29 is 9.90 Å². The van der Waals surface area contributed by atoms with Crippen molar-refractivity contribution in [2.24, 2.45) is 0 Å². The fraction of sp³-hybridized carbons (Fsp3) is 0.250. The first kappa shape index (κ1) is 17.5. The fourth-order valence-corrected chi connectivity index (χ4v) is 4.78. The number of nitrogens with zero attached hydrogens (tertiary/aromatic N) is 1. The Kier molecular flexibility index (Phi) is 4.69. The number of carboxylic acids is 1. The lowest BCUT2D eigenvalue weighted by molar-refractivity contribution is 0.0699.